The number of carbonyl (C=O) groups is 2. The molecule has 2 aliphatic carbocycles. The van der Waals surface area contributed by atoms with Crippen LogP contribution in [0.15, 0.2) is 4.42 Å². The average Bonchev–Trinajstić information content (AvgIpc) is 3.02. The number of piperidine rings is 1. The number of nitrogens with zero attached hydrogens (tertiary/aromatic N) is 4. The number of amides is 3. The fourth-order valence-corrected chi connectivity index (χ4v) is 5.23. The summed E-state index contributed by atoms with van der Waals surface area (Å²) in [4.78, 5) is 26.1. The fourth-order valence-electron chi connectivity index (χ4n) is 5.23. The third-order valence-corrected chi connectivity index (χ3v) is 6.93. The lowest BCUT2D eigenvalue weighted by Crippen LogP contribution is -2.41. The van der Waals surface area contributed by atoms with E-state index in [1.54, 1.807) is 4.90 Å². The van der Waals surface area contributed by atoms with Gasteiger partial charge in [-0.25, -0.2) is 14.7 Å². The van der Waals surface area contributed by atoms with Crippen molar-refractivity contribution in [1.82, 2.24) is 25.5 Å². The van der Waals surface area contributed by atoms with Crippen LogP contribution >= 0.6 is 0 Å². The summed E-state index contributed by atoms with van der Waals surface area (Å²) in [5.41, 5.74) is -0.551. The van der Waals surface area contributed by atoms with Crippen molar-refractivity contribution in [3.05, 3.63) is 11.8 Å². The molecule has 0 radical (unpaired) electrons. The number of carbonyl (C=O) groups excluding carboxylic acids is 2. The molecule has 4 fully saturated rings. The first-order valence-electron chi connectivity index (χ1n) is 10.8. The van der Waals surface area contributed by atoms with Crippen molar-refractivity contribution in [1.29, 1.82) is 0 Å². The number of rotatable bonds is 3. The van der Waals surface area contributed by atoms with Crippen LogP contribution in [0, 0.1) is 5.41 Å². The number of hydrogen-bond acceptors (Lipinski definition) is 7. The fraction of sp³-hybridized carbons (Fsp3) is 0.800. The van der Waals surface area contributed by atoms with E-state index >= 15 is 0 Å². The van der Waals surface area contributed by atoms with Crippen LogP contribution in [0.25, 0.3) is 0 Å². The highest BCUT2D eigenvalue weighted by Crippen LogP contribution is 2.61. The smallest absolute Gasteiger partial charge is 0.407 e. The van der Waals surface area contributed by atoms with Gasteiger partial charge in [-0.2, -0.15) is 0 Å². The number of fused-ring (bicyclic) bond motifs is 3. The molecule has 0 aromatic carbocycles. The van der Waals surface area contributed by atoms with Gasteiger partial charge in [-0.1, -0.05) is 0 Å². The minimum absolute atomic E-state index is 0.00785. The number of urea groups is 1. The second kappa shape index (κ2) is 6.57. The van der Waals surface area contributed by atoms with Crippen molar-refractivity contribution in [2.24, 2.45) is 5.41 Å². The lowest BCUT2D eigenvalue weighted by molar-refractivity contribution is -0.0783. The number of nitrogens with one attached hydrogen (secondary N) is 1. The minimum atomic E-state index is -0.529. The van der Waals surface area contributed by atoms with Gasteiger partial charge in [0.15, 0.2) is 0 Å². The van der Waals surface area contributed by atoms with E-state index in [0.29, 0.717) is 24.7 Å². The third-order valence-electron chi connectivity index (χ3n) is 6.93. The van der Waals surface area contributed by atoms with Gasteiger partial charge in [-0.15, -0.1) is 10.2 Å². The van der Waals surface area contributed by atoms with Crippen molar-refractivity contribution in [2.45, 2.75) is 88.9 Å². The van der Waals surface area contributed by atoms with Crippen molar-refractivity contribution in [3.8, 4) is 0 Å². The first-order valence-corrected chi connectivity index (χ1v) is 10.8. The molecule has 1 aromatic rings. The molecule has 2 N–H and O–H groups in total. The number of hydrogen-bond donors (Lipinski definition) is 2. The molecule has 0 unspecified atom stereocenters. The summed E-state index contributed by atoms with van der Waals surface area (Å²) in [6, 6.07) is -0.783. The molecule has 1 spiro atoms. The van der Waals surface area contributed by atoms with Gasteiger partial charge in [-0.05, 0) is 64.7 Å². The number of ether oxygens (including phenoxy) is 1. The molecule has 3 amide bonds. The molecule has 30 heavy (non-hydrogen) atoms. The van der Waals surface area contributed by atoms with E-state index < -0.39 is 11.7 Å². The Morgan fingerprint density at radius 3 is 2.70 bits per heavy atom. The SMILES string of the molecule is CC(C)(C)OC(=O)N[C@H]1CC[C@@H](c2nnc([C@@H]3CC4(CC4)[C@H]4CN3C(=O)N4O)o2)C1. The highest BCUT2D eigenvalue weighted by Gasteiger charge is 2.63. The van der Waals surface area contributed by atoms with Crippen LogP contribution in [0.3, 0.4) is 0 Å². The Labute approximate surface area is 174 Å². The average molecular weight is 419 g/mol. The predicted octanol–water partition coefficient (Wildman–Crippen LogP) is 2.95. The van der Waals surface area contributed by atoms with E-state index in [4.69, 9.17) is 9.15 Å². The second-order valence-corrected chi connectivity index (χ2v) is 10.2. The van der Waals surface area contributed by atoms with E-state index in [1.807, 2.05) is 20.8 Å². The molecule has 10 heteroatoms. The summed E-state index contributed by atoms with van der Waals surface area (Å²) >= 11 is 0. The molecule has 5 rings (SSSR count). The van der Waals surface area contributed by atoms with Crippen molar-refractivity contribution in [2.75, 3.05) is 6.54 Å². The molecule has 2 bridgehead atoms. The van der Waals surface area contributed by atoms with Crippen LogP contribution in [0.1, 0.15) is 83.0 Å². The van der Waals surface area contributed by atoms with Crippen LogP contribution in [-0.2, 0) is 4.74 Å². The number of alkyl carbamates (subject to hydrolysis) is 1. The van der Waals surface area contributed by atoms with Crippen molar-refractivity contribution < 1.29 is 24.0 Å². The Morgan fingerprint density at radius 2 is 2.00 bits per heavy atom. The Bertz CT molecular complexity index is 860. The third kappa shape index (κ3) is 3.30. The van der Waals surface area contributed by atoms with Gasteiger partial charge in [0, 0.05) is 18.5 Å². The number of hydroxylamine groups is 2. The highest BCUT2D eigenvalue weighted by molar-refractivity contribution is 5.77. The quantitative estimate of drug-likeness (QED) is 0.723. The van der Waals surface area contributed by atoms with Gasteiger partial charge in [-0.3, -0.25) is 5.21 Å². The van der Waals surface area contributed by atoms with E-state index in [2.05, 4.69) is 15.5 Å². The van der Waals surface area contributed by atoms with Gasteiger partial charge in [0.1, 0.15) is 11.6 Å². The van der Waals surface area contributed by atoms with E-state index in [1.165, 1.54) is 0 Å². The lowest BCUT2D eigenvalue weighted by Gasteiger charge is -2.34. The maximum atomic E-state index is 12.5. The molecule has 2 saturated carbocycles. The van der Waals surface area contributed by atoms with Gasteiger partial charge >= 0.3 is 12.1 Å². The molecule has 1 aromatic heterocycles. The van der Waals surface area contributed by atoms with E-state index in [-0.39, 0.29) is 35.5 Å². The zero-order valence-corrected chi connectivity index (χ0v) is 17.6. The summed E-state index contributed by atoms with van der Waals surface area (Å²) in [5, 5.41) is 22.5. The first kappa shape index (κ1) is 19.6. The largest absolute Gasteiger partial charge is 0.444 e. The van der Waals surface area contributed by atoms with Crippen LogP contribution in [-0.4, -0.2) is 61.7 Å². The Hall–Kier alpha value is -2.36. The lowest BCUT2D eigenvalue weighted by atomic mass is 9.85. The molecule has 4 aliphatic rings. The topological polar surface area (TPSA) is 121 Å². The van der Waals surface area contributed by atoms with Gasteiger partial charge in [0.2, 0.25) is 11.8 Å². The maximum absolute atomic E-state index is 12.5. The normalized spacial score (nSPS) is 32.1. The Balaban J connectivity index is 1.24. The summed E-state index contributed by atoms with van der Waals surface area (Å²) < 4.78 is 11.4. The summed E-state index contributed by atoms with van der Waals surface area (Å²) in [6.45, 7) is 6.02. The molecular weight excluding hydrogens is 390 g/mol. The van der Waals surface area contributed by atoms with Crippen LogP contribution in [0.2, 0.25) is 0 Å². The van der Waals surface area contributed by atoms with Crippen LogP contribution < -0.4 is 5.32 Å². The van der Waals surface area contributed by atoms with E-state index in [0.717, 1.165) is 37.2 Å². The summed E-state index contributed by atoms with van der Waals surface area (Å²) in [7, 11) is 0. The Kier molecular flexibility index (Phi) is 4.29. The standard InChI is InChI=1S/C20H29N5O5/c1-19(2,3)30-17(26)21-12-5-4-11(8-12)15-22-23-16(29-15)13-9-20(6-7-20)14-10-24(13)18(27)25(14)28/h11-14,28H,4-10H2,1-3H3,(H,21,26)/t11-,12+,13+,14-/m1/s1. The van der Waals surface area contributed by atoms with E-state index in [9.17, 15) is 14.8 Å². The predicted molar refractivity (Wildman–Crippen MR) is 103 cm³/mol. The molecule has 10 nitrogen and oxygen atoms in total. The first-order chi connectivity index (χ1) is 14.2. The molecule has 3 heterocycles. The van der Waals surface area contributed by atoms with Crippen molar-refractivity contribution >= 4 is 12.1 Å². The Morgan fingerprint density at radius 1 is 1.27 bits per heavy atom. The monoisotopic (exact) mass is 419 g/mol. The van der Waals surface area contributed by atoms with Crippen LogP contribution in [0.5, 0.6) is 0 Å². The van der Waals surface area contributed by atoms with Gasteiger partial charge in [0.25, 0.3) is 0 Å². The summed E-state index contributed by atoms with van der Waals surface area (Å²) in [6.07, 6.45) is 4.72. The molecule has 2 aliphatic heterocycles. The second-order valence-electron chi connectivity index (χ2n) is 10.2. The maximum Gasteiger partial charge on any atom is 0.407 e. The molecule has 164 valence electrons. The molecule has 4 atom stereocenters. The zero-order valence-electron chi connectivity index (χ0n) is 17.6. The van der Waals surface area contributed by atoms with Gasteiger partial charge < -0.3 is 19.4 Å². The highest BCUT2D eigenvalue weighted by atomic mass is 16.6. The zero-order chi connectivity index (χ0) is 21.3. The van der Waals surface area contributed by atoms with Crippen molar-refractivity contribution in [3.63, 3.8) is 0 Å². The minimum Gasteiger partial charge on any atom is -0.444 e. The summed E-state index contributed by atoms with van der Waals surface area (Å²) in [5.74, 6) is 1.07. The van der Waals surface area contributed by atoms with Gasteiger partial charge in [0.05, 0.1) is 6.04 Å². The molecule has 2 saturated heterocycles. The molecular formula is C20H29N5O5. The van der Waals surface area contributed by atoms with Crippen LogP contribution in [0.4, 0.5) is 9.59 Å². The number of aromatic nitrogens is 2.